The van der Waals surface area contributed by atoms with Crippen molar-refractivity contribution in [3.8, 4) is 0 Å². The van der Waals surface area contributed by atoms with Gasteiger partial charge in [0.2, 0.25) is 5.91 Å². The number of carboxylic acid groups (broad SMARTS) is 1. The molecule has 0 aromatic heterocycles. The maximum atomic E-state index is 12.4. The quantitative estimate of drug-likeness (QED) is 0.637. The Labute approximate surface area is 153 Å². The Morgan fingerprint density at radius 1 is 1.12 bits per heavy atom. The van der Waals surface area contributed by atoms with E-state index in [2.05, 4.69) is 5.32 Å². The number of carbonyl (C=O) groups excluding carboxylic acids is 1. The van der Waals surface area contributed by atoms with Crippen molar-refractivity contribution in [3.63, 3.8) is 0 Å². The molecule has 1 amide bonds. The number of nitrogens with one attached hydrogen (secondary N) is 1. The zero-order valence-electron chi connectivity index (χ0n) is 15.1. The standard InChI is InChI=1S/C20H25NO5/c1-3-25-11-12-26-14(2)20(24)21-18(13-19(22)23)17-10-6-8-15-7-4-5-9-16(15)17/h4-10,14,18H,3,11-13H2,1-2H3,(H,21,24)(H,22,23)/t14?,18-/m1/s1. The lowest BCUT2D eigenvalue weighted by molar-refractivity contribution is -0.138. The molecule has 0 heterocycles. The number of hydrogen-bond donors (Lipinski definition) is 2. The Bertz CT molecular complexity index is 741. The summed E-state index contributed by atoms with van der Waals surface area (Å²) in [6, 6.07) is 12.7. The van der Waals surface area contributed by atoms with Gasteiger partial charge in [0, 0.05) is 6.61 Å². The van der Waals surface area contributed by atoms with Crippen LogP contribution in [-0.2, 0) is 19.1 Å². The number of amides is 1. The number of rotatable bonds is 10. The molecule has 0 saturated carbocycles. The zero-order valence-corrected chi connectivity index (χ0v) is 15.1. The zero-order chi connectivity index (χ0) is 18.9. The summed E-state index contributed by atoms with van der Waals surface area (Å²) in [4.78, 5) is 23.8. The molecule has 0 aliphatic carbocycles. The van der Waals surface area contributed by atoms with Crippen molar-refractivity contribution in [3.05, 3.63) is 48.0 Å². The fourth-order valence-electron chi connectivity index (χ4n) is 2.76. The Morgan fingerprint density at radius 3 is 2.58 bits per heavy atom. The molecule has 0 aliphatic heterocycles. The maximum absolute atomic E-state index is 12.4. The molecular weight excluding hydrogens is 334 g/mol. The van der Waals surface area contributed by atoms with Crippen LogP contribution in [0, 0.1) is 0 Å². The fraction of sp³-hybridized carbons (Fsp3) is 0.400. The lowest BCUT2D eigenvalue weighted by Crippen LogP contribution is -2.38. The highest BCUT2D eigenvalue weighted by Crippen LogP contribution is 2.26. The Balaban J connectivity index is 2.14. The van der Waals surface area contributed by atoms with Crippen molar-refractivity contribution in [2.75, 3.05) is 19.8 Å². The summed E-state index contributed by atoms with van der Waals surface area (Å²) >= 11 is 0. The second-order valence-corrected chi connectivity index (χ2v) is 5.94. The molecule has 2 aromatic carbocycles. The molecule has 2 aromatic rings. The molecule has 2 atom stereocenters. The van der Waals surface area contributed by atoms with Crippen LogP contribution in [-0.4, -0.2) is 42.9 Å². The van der Waals surface area contributed by atoms with E-state index in [1.54, 1.807) is 6.92 Å². The summed E-state index contributed by atoms with van der Waals surface area (Å²) in [5.41, 5.74) is 0.778. The van der Waals surface area contributed by atoms with Crippen LogP contribution in [0.15, 0.2) is 42.5 Å². The molecule has 26 heavy (non-hydrogen) atoms. The molecule has 6 heteroatoms. The van der Waals surface area contributed by atoms with E-state index >= 15 is 0 Å². The van der Waals surface area contributed by atoms with Gasteiger partial charge in [0.25, 0.3) is 0 Å². The number of benzene rings is 2. The molecule has 0 saturated heterocycles. The second kappa shape index (κ2) is 9.89. The molecule has 0 radical (unpaired) electrons. The van der Waals surface area contributed by atoms with Gasteiger partial charge in [0.15, 0.2) is 0 Å². The highest BCUT2D eigenvalue weighted by molar-refractivity contribution is 5.88. The molecule has 2 N–H and O–H groups in total. The van der Waals surface area contributed by atoms with Crippen LogP contribution in [0.1, 0.15) is 31.9 Å². The van der Waals surface area contributed by atoms with Crippen LogP contribution in [0.3, 0.4) is 0 Å². The average Bonchev–Trinajstić information content (AvgIpc) is 2.63. The number of carbonyl (C=O) groups is 2. The van der Waals surface area contributed by atoms with Crippen LogP contribution in [0.5, 0.6) is 0 Å². The molecule has 0 fully saturated rings. The summed E-state index contributed by atoms with van der Waals surface area (Å²) in [6.07, 6.45) is -0.896. The van der Waals surface area contributed by atoms with Gasteiger partial charge in [-0.1, -0.05) is 42.5 Å². The SMILES string of the molecule is CCOCCOC(C)C(=O)N[C@H](CC(=O)O)c1cccc2ccccc12. The van der Waals surface area contributed by atoms with Gasteiger partial charge in [-0.05, 0) is 30.2 Å². The van der Waals surface area contributed by atoms with E-state index in [0.29, 0.717) is 19.8 Å². The van der Waals surface area contributed by atoms with Crippen LogP contribution in [0.25, 0.3) is 10.8 Å². The Kier molecular flexibility index (Phi) is 7.56. The third-order valence-electron chi connectivity index (χ3n) is 4.06. The second-order valence-electron chi connectivity index (χ2n) is 5.94. The van der Waals surface area contributed by atoms with Gasteiger partial charge in [0.1, 0.15) is 6.10 Å². The highest BCUT2D eigenvalue weighted by Gasteiger charge is 2.23. The smallest absolute Gasteiger partial charge is 0.305 e. The summed E-state index contributed by atoms with van der Waals surface area (Å²) < 4.78 is 10.6. The van der Waals surface area contributed by atoms with Crippen LogP contribution in [0.4, 0.5) is 0 Å². The van der Waals surface area contributed by atoms with Gasteiger partial charge in [-0.2, -0.15) is 0 Å². The summed E-state index contributed by atoms with van der Waals surface area (Å²) in [7, 11) is 0. The van der Waals surface area contributed by atoms with E-state index in [4.69, 9.17) is 9.47 Å². The van der Waals surface area contributed by atoms with Crippen molar-refractivity contribution < 1.29 is 24.2 Å². The van der Waals surface area contributed by atoms with E-state index in [9.17, 15) is 14.7 Å². The van der Waals surface area contributed by atoms with E-state index in [0.717, 1.165) is 16.3 Å². The first-order chi connectivity index (χ1) is 12.5. The minimum atomic E-state index is -0.979. The van der Waals surface area contributed by atoms with Gasteiger partial charge < -0.3 is 19.9 Å². The van der Waals surface area contributed by atoms with E-state index in [-0.39, 0.29) is 12.3 Å². The molecule has 0 spiro atoms. The average molecular weight is 359 g/mol. The predicted molar refractivity (Wildman–Crippen MR) is 99.0 cm³/mol. The lowest BCUT2D eigenvalue weighted by Gasteiger charge is -2.22. The summed E-state index contributed by atoms with van der Waals surface area (Å²) in [6.45, 7) is 4.83. The first kappa shape index (κ1) is 19.9. The third-order valence-corrected chi connectivity index (χ3v) is 4.06. The maximum Gasteiger partial charge on any atom is 0.305 e. The van der Waals surface area contributed by atoms with Gasteiger partial charge in [-0.3, -0.25) is 9.59 Å². The molecule has 2 rings (SSSR count). The van der Waals surface area contributed by atoms with Crippen molar-refractivity contribution in [2.24, 2.45) is 0 Å². The number of ether oxygens (including phenoxy) is 2. The van der Waals surface area contributed by atoms with E-state index in [1.165, 1.54) is 0 Å². The van der Waals surface area contributed by atoms with Crippen molar-refractivity contribution >= 4 is 22.6 Å². The van der Waals surface area contributed by atoms with E-state index < -0.39 is 18.1 Å². The minimum Gasteiger partial charge on any atom is -0.481 e. The largest absolute Gasteiger partial charge is 0.481 e. The summed E-state index contributed by atoms with van der Waals surface area (Å²) in [5, 5.41) is 14.0. The van der Waals surface area contributed by atoms with Gasteiger partial charge >= 0.3 is 5.97 Å². The monoisotopic (exact) mass is 359 g/mol. The molecule has 1 unspecified atom stereocenters. The third kappa shape index (κ3) is 5.54. The highest BCUT2D eigenvalue weighted by atomic mass is 16.5. The lowest BCUT2D eigenvalue weighted by atomic mass is 9.96. The first-order valence-corrected chi connectivity index (χ1v) is 8.72. The number of fused-ring (bicyclic) bond motifs is 1. The molecule has 0 bridgehead atoms. The first-order valence-electron chi connectivity index (χ1n) is 8.72. The topological polar surface area (TPSA) is 84.9 Å². The molecule has 0 aliphatic rings. The van der Waals surface area contributed by atoms with Crippen LogP contribution >= 0.6 is 0 Å². The van der Waals surface area contributed by atoms with Crippen molar-refractivity contribution in [2.45, 2.75) is 32.4 Å². The van der Waals surface area contributed by atoms with Gasteiger partial charge in [0.05, 0.1) is 25.7 Å². The van der Waals surface area contributed by atoms with Crippen molar-refractivity contribution in [1.82, 2.24) is 5.32 Å². The summed E-state index contributed by atoms with van der Waals surface area (Å²) in [5.74, 6) is -1.33. The van der Waals surface area contributed by atoms with Gasteiger partial charge in [-0.25, -0.2) is 0 Å². The number of aliphatic carboxylic acids is 1. The predicted octanol–water partition coefficient (Wildman–Crippen LogP) is 2.91. The number of hydrogen-bond acceptors (Lipinski definition) is 4. The number of carboxylic acids is 1. The normalized spacial score (nSPS) is 13.3. The Morgan fingerprint density at radius 2 is 1.85 bits per heavy atom. The van der Waals surface area contributed by atoms with Crippen LogP contribution in [0.2, 0.25) is 0 Å². The molecule has 6 nitrogen and oxygen atoms in total. The molecule has 140 valence electrons. The van der Waals surface area contributed by atoms with Crippen molar-refractivity contribution in [1.29, 1.82) is 0 Å². The van der Waals surface area contributed by atoms with E-state index in [1.807, 2.05) is 49.4 Å². The Hall–Kier alpha value is -2.44. The minimum absolute atomic E-state index is 0.203. The fourth-order valence-corrected chi connectivity index (χ4v) is 2.76. The molecular formula is C20H25NO5. The van der Waals surface area contributed by atoms with Crippen LogP contribution < -0.4 is 5.32 Å². The van der Waals surface area contributed by atoms with Gasteiger partial charge in [-0.15, -0.1) is 0 Å².